The zero-order valence-corrected chi connectivity index (χ0v) is 13.3. The third-order valence-electron chi connectivity index (χ3n) is 4.57. The number of nitrogens with zero attached hydrogens (tertiary/aromatic N) is 2. The lowest BCUT2D eigenvalue weighted by Gasteiger charge is -2.23. The molecule has 1 atom stereocenters. The summed E-state index contributed by atoms with van der Waals surface area (Å²) in [6.07, 6.45) is 4.56. The predicted molar refractivity (Wildman–Crippen MR) is 88.8 cm³/mol. The van der Waals surface area contributed by atoms with Gasteiger partial charge in [0.05, 0.1) is 12.2 Å². The molecule has 1 aromatic carbocycles. The van der Waals surface area contributed by atoms with Crippen LogP contribution in [0.15, 0.2) is 45.7 Å². The van der Waals surface area contributed by atoms with Crippen LogP contribution < -0.4 is 10.9 Å². The second-order valence-corrected chi connectivity index (χ2v) is 6.07. The summed E-state index contributed by atoms with van der Waals surface area (Å²) in [7, 11) is 1.90. The minimum Gasteiger partial charge on any atom is -0.422 e. The highest BCUT2D eigenvalue weighted by molar-refractivity contribution is 5.96. The average Bonchev–Trinajstić information content (AvgIpc) is 2.96. The van der Waals surface area contributed by atoms with Gasteiger partial charge in [0.25, 0.3) is 5.91 Å². The lowest BCUT2D eigenvalue weighted by atomic mass is 9.93. The fourth-order valence-corrected chi connectivity index (χ4v) is 3.31. The SMILES string of the molecule is Cn1ncc2c1CCCC2NC(=O)c1cc2ccccc2oc1=O. The maximum absolute atomic E-state index is 12.6. The molecule has 2 aromatic heterocycles. The number of para-hydroxylation sites is 1. The molecule has 0 saturated heterocycles. The highest BCUT2D eigenvalue weighted by Crippen LogP contribution is 2.29. The van der Waals surface area contributed by atoms with Crippen molar-refractivity contribution in [3.05, 3.63) is 63.8 Å². The van der Waals surface area contributed by atoms with Crippen LogP contribution in [-0.4, -0.2) is 15.7 Å². The van der Waals surface area contributed by atoms with Gasteiger partial charge in [-0.15, -0.1) is 0 Å². The molecule has 4 rings (SSSR count). The van der Waals surface area contributed by atoms with Crippen molar-refractivity contribution in [3.63, 3.8) is 0 Å². The fraction of sp³-hybridized carbons (Fsp3) is 0.278. The summed E-state index contributed by atoms with van der Waals surface area (Å²) < 4.78 is 7.09. The van der Waals surface area contributed by atoms with Crippen molar-refractivity contribution >= 4 is 16.9 Å². The number of amides is 1. The smallest absolute Gasteiger partial charge is 0.349 e. The van der Waals surface area contributed by atoms with Crippen molar-refractivity contribution in [1.82, 2.24) is 15.1 Å². The van der Waals surface area contributed by atoms with Gasteiger partial charge in [-0.2, -0.15) is 5.10 Å². The van der Waals surface area contributed by atoms with Crippen LogP contribution in [0.2, 0.25) is 0 Å². The molecule has 6 nitrogen and oxygen atoms in total. The van der Waals surface area contributed by atoms with Gasteiger partial charge >= 0.3 is 5.63 Å². The molecule has 0 fully saturated rings. The Morgan fingerprint density at radius 3 is 3.08 bits per heavy atom. The minimum absolute atomic E-state index is 0.0321. The van der Waals surface area contributed by atoms with E-state index in [1.165, 1.54) is 0 Å². The van der Waals surface area contributed by atoms with Crippen LogP contribution in [0.1, 0.15) is 40.5 Å². The van der Waals surface area contributed by atoms with Crippen LogP contribution in [0.25, 0.3) is 11.0 Å². The highest BCUT2D eigenvalue weighted by Gasteiger charge is 2.26. The van der Waals surface area contributed by atoms with Gasteiger partial charge in [-0.3, -0.25) is 9.48 Å². The van der Waals surface area contributed by atoms with Crippen LogP contribution >= 0.6 is 0 Å². The zero-order chi connectivity index (χ0) is 16.7. The van der Waals surface area contributed by atoms with Gasteiger partial charge in [0.1, 0.15) is 11.1 Å². The van der Waals surface area contributed by atoms with E-state index in [1.807, 2.05) is 23.9 Å². The summed E-state index contributed by atoms with van der Waals surface area (Å²) in [5, 5.41) is 7.96. The van der Waals surface area contributed by atoms with Crippen molar-refractivity contribution < 1.29 is 9.21 Å². The Morgan fingerprint density at radius 2 is 2.21 bits per heavy atom. The van der Waals surface area contributed by atoms with E-state index in [9.17, 15) is 9.59 Å². The summed E-state index contributed by atoms with van der Waals surface area (Å²) in [5.74, 6) is -0.406. The normalized spacial score (nSPS) is 16.8. The predicted octanol–water partition coefficient (Wildman–Crippen LogP) is 2.33. The van der Waals surface area contributed by atoms with E-state index in [1.54, 1.807) is 24.4 Å². The van der Waals surface area contributed by atoms with Crippen LogP contribution in [0.3, 0.4) is 0 Å². The quantitative estimate of drug-likeness (QED) is 0.734. The van der Waals surface area contributed by atoms with E-state index >= 15 is 0 Å². The molecule has 0 spiro atoms. The molecule has 0 bridgehead atoms. The molecule has 0 aliphatic heterocycles. The van der Waals surface area contributed by atoms with E-state index in [0.29, 0.717) is 5.58 Å². The Bertz CT molecular complexity index is 987. The first-order valence-corrected chi connectivity index (χ1v) is 7.98. The summed E-state index contributed by atoms with van der Waals surface area (Å²) in [5.41, 5.74) is 2.06. The number of hydrogen-bond donors (Lipinski definition) is 1. The average molecular weight is 323 g/mol. The number of aryl methyl sites for hydroxylation is 1. The van der Waals surface area contributed by atoms with Gasteiger partial charge in [0.2, 0.25) is 0 Å². The number of carbonyl (C=O) groups excluding carboxylic acids is 1. The highest BCUT2D eigenvalue weighted by atomic mass is 16.4. The fourth-order valence-electron chi connectivity index (χ4n) is 3.31. The molecule has 1 aliphatic carbocycles. The third kappa shape index (κ3) is 2.40. The Kier molecular flexibility index (Phi) is 3.45. The van der Waals surface area contributed by atoms with E-state index in [0.717, 1.165) is 35.9 Å². The van der Waals surface area contributed by atoms with Gasteiger partial charge < -0.3 is 9.73 Å². The topological polar surface area (TPSA) is 77.1 Å². The molecule has 0 saturated carbocycles. The molecular formula is C18H17N3O3. The molecule has 122 valence electrons. The maximum Gasteiger partial charge on any atom is 0.349 e. The van der Waals surface area contributed by atoms with Gasteiger partial charge in [0, 0.05) is 23.7 Å². The number of carbonyl (C=O) groups is 1. The van der Waals surface area contributed by atoms with Crippen LogP contribution in [0.5, 0.6) is 0 Å². The van der Waals surface area contributed by atoms with E-state index in [4.69, 9.17) is 4.42 Å². The standard InChI is InChI=1S/C18H17N3O3/c1-21-15-7-4-6-14(13(15)10-19-21)20-17(22)12-9-11-5-2-3-8-16(11)24-18(12)23/h2-3,5,8-10,14H,4,6-7H2,1H3,(H,20,22). The number of hydrogen-bond acceptors (Lipinski definition) is 4. The molecule has 6 heteroatoms. The van der Waals surface area contributed by atoms with Gasteiger partial charge in [-0.1, -0.05) is 18.2 Å². The Hall–Kier alpha value is -2.89. The Balaban J connectivity index is 1.66. The monoisotopic (exact) mass is 323 g/mol. The lowest BCUT2D eigenvalue weighted by molar-refractivity contribution is 0.0929. The maximum atomic E-state index is 12.6. The van der Waals surface area contributed by atoms with Gasteiger partial charge in [0.15, 0.2) is 0 Å². The van der Waals surface area contributed by atoms with E-state index in [-0.39, 0.29) is 11.6 Å². The molecule has 1 amide bonds. The zero-order valence-electron chi connectivity index (χ0n) is 13.3. The van der Waals surface area contributed by atoms with Crippen molar-refractivity contribution in [2.24, 2.45) is 7.05 Å². The lowest BCUT2D eigenvalue weighted by Crippen LogP contribution is -2.33. The molecule has 1 aliphatic rings. The van der Waals surface area contributed by atoms with Crippen molar-refractivity contribution in [2.45, 2.75) is 25.3 Å². The summed E-state index contributed by atoms with van der Waals surface area (Å²) in [6.45, 7) is 0. The van der Waals surface area contributed by atoms with E-state index in [2.05, 4.69) is 10.4 Å². The number of nitrogens with one attached hydrogen (secondary N) is 1. The second-order valence-electron chi connectivity index (χ2n) is 6.07. The number of fused-ring (bicyclic) bond motifs is 2. The molecule has 3 aromatic rings. The van der Waals surface area contributed by atoms with Gasteiger partial charge in [-0.25, -0.2) is 4.79 Å². The van der Waals surface area contributed by atoms with Crippen LogP contribution in [0, 0.1) is 0 Å². The summed E-state index contributed by atoms with van der Waals surface area (Å²) in [6, 6.07) is 8.62. The van der Waals surface area contributed by atoms with Crippen molar-refractivity contribution in [3.8, 4) is 0 Å². The Morgan fingerprint density at radius 1 is 1.38 bits per heavy atom. The van der Waals surface area contributed by atoms with E-state index < -0.39 is 11.5 Å². The summed E-state index contributed by atoms with van der Waals surface area (Å²) >= 11 is 0. The first kappa shape index (κ1) is 14.7. The Labute approximate surface area is 138 Å². The van der Waals surface area contributed by atoms with Crippen molar-refractivity contribution in [1.29, 1.82) is 0 Å². The number of benzene rings is 1. The number of rotatable bonds is 2. The molecule has 1 unspecified atom stereocenters. The first-order valence-electron chi connectivity index (χ1n) is 7.98. The molecule has 24 heavy (non-hydrogen) atoms. The minimum atomic E-state index is -0.617. The molecule has 2 heterocycles. The third-order valence-corrected chi connectivity index (χ3v) is 4.57. The first-order chi connectivity index (χ1) is 11.6. The molecular weight excluding hydrogens is 306 g/mol. The van der Waals surface area contributed by atoms with Crippen LogP contribution in [-0.2, 0) is 13.5 Å². The van der Waals surface area contributed by atoms with Crippen LogP contribution in [0.4, 0.5) is 0 Å². The molecule has 0 radical (unpaired) electrons. The van der Waals surface area contributed by atoms with Gasteiger partial charge in [-0.05, 0) is 31.4 Å². The van der Waals surface area contributed by atoms with Crippen molar-refractivity contribution in [2.75, 3.05) is 0 Å². The summed E-state index contributed by atoms with van der Waals surface area (Å²) in [4.78, 5) is 24.7. The number of aromatic nitrogens is 2. The largest absolute Gasteiger partial charge is 0.422 e. The second kappa shape index (κ2) is 5.63. The molecule has 1 N–H and O–H groups in total.